The van der Waals surface area contributed by atoms with Gasteiger partial charge in [0.2, 0.25) is 5.95 Å². The van der Waals surface area contributed by atoms with Crippen LogP contribution in [-0.2, 0) is 0 Å². The Morgan fingerprint density at radius 3 is 2.61 bits per heavy atom. The average molecular weight is 326 g/mol. The van der Waals surface area contributed by atoms with Crippen LogP contribution in [0.2, 0.25) is 0 Å². The van der Waals surface area contributed by atoms with Crippen molar-refractivity contribution in [3.05, 3.63) is 22.1 Å². The van der Waals surface area contributed by atoms with E-state index in [4.69, 9.17) is 10.2 Å². The molecule has 0 bridgehead atoms. The molecule has 8 nitrogen and oxygen atoms in total. The fourth-order valence-electron chi connectivity index (χ4n) is 2.23. The van der Waals surface area contributed by atoms with E-state index in [1.54, 1.807) is 0 Å². The number of aliphatic hydroxyl groups excluding tert-OH is 2. The fourth-order valence-corrected chi connectivity index (χ4v) is 2.23. The van der Waals surface area contributed by atoms with Crippen LogP contribution in [-0.4, -0.2) is 45.5 Å². The molecular formula is C15H26N4O4. The molecule has 1 aromatic heterocycles. The highest BCUT2D eigenvalue weighted by Crippen LogP contribution is 2.23. The van der Waals surface area contributed by atoms with E-state index in [0.29, 0.717) is 5.69 Å². The van der Waals surface area contributed by atoms with Crippen molar-refractivity contribution in [1.82, 2.24) is 15.3 Å². The average Bonchev–Trinajstić information content (AvgIpc) is 2.52. The zero-order valence-electron chi connectivity index (χ0n) is 13.6. The highest BCUT2D eigenvalue weighted by molar-refractivity contribution is 5.87. The second-order valence-electron chi connectivity index (χ2n) is 5.43. The lowest BCUT2D eigenvalue weighted by atomic mass is 9.96. The van der Waals surface area contributed by atoms with Gasteiger partial charge in [-0.2, -0.15) is 0 Å². The number of urea groups is 1. The van der Waals surface area contributed by atoms with Gasteiger partial charge in [0.1, 0.15) is 0 Å². The molecule has 0 saturated carbocycles. The molecule has 1 rings (SSSR count). The summed E-state index contributed by atoms with van der Waals surface area (Å²) < 4.78 is 0. The summed E-state index contributed by atoms with van der Waals surface area (Å²) in [6.45, 7) is 3.37. The van der Waals surface area contributed by atoms with E-state index in [1.807, 2.05) is 6.92 Å². The number of hydrogen-bond acceptors (Lipinski definition) is 5. The number of carbonyl (C=O) groups excluding carboxylic acids is 1. The SMILES string of the molecule is CCCCC(CC)c1cc(=O)[nH]c(NC(=O)NC(CO)CO)n1. The number of anilines is 1. The van der Waals surface area contributed by atoms with Gasteiger partial charge in [0.15, 0.2) is 0 Å². The van der Waals surface area contributed by atoms with Gasteiger partial charge in [-0.1, -0.05) is 26.7 Å². The molecule has 23 heavy (non-hydrogen) atoms. The van der Waals surface area contributed by atoms with Crippen molar-refractivity contribution in [2.75, 3.05) is 18.5 Å². The molecule has 0 aliphatic heterocycles. The van der Waals surface area contributed by atoms with Crippen molar-refractivity contribution >= 4 is 12.0 Å². The number of unbranched alkanes of at least 4 members (excludes halogenated alkanes) is 1. The first-order valence-electron chi connectivity index (χ1n) is 7.94. The van der Waals surface area contributed by atoms with Gasteiger partial charge in [-0.25, -0.2) is 9.78 Å². The van der Waals surface area contributed by atoms with Crippen LogP contribution < -0.4 is 16.2 Å². The summed E-state index contributed by atoms with van der Waals surface area (Å²) >= 11 is 0. The van der Waals surface area contributed by atoms with Crippen molar-refractivity contribution in [3.8, 4) is 0 Å². The number of amides is 2. The number of aliphatic hydroxyl groups is 2. The minimum absolute atomic E-state index is 0.0505. The Morgan fingerprint density at radius 2 is 2.04 bits per heavy atom. The summed E-state index contributed by atoms with van der Waals surface area (Å²) in [6.07, 6.45) is 3.91. The minimum Gasteiger partial charge on any atom is -0.394 e. The monoisotopic (exact) mass is 326 g/mol. The summed E-state index contributed by atoms with van der Waals surface area (Å²) in [5, 5.41) is 22.7. The van der Waals surface area contributed by atoms with Crippen molar-refractivity contribution < 1.29 is 15.0 Å². The second kappa shape index (κ2) is 9.96. The third kappa shape index (κ3) is 6.37. The molecule has 0 aromatic carbocycles. The van der Waals surface area contributed by atoms with Crippen LogP contribution in [0.1, 0.15) is 51.1 Å². The lowest BCUT2D eigenvalue weighted by Gasteiger charge is -2.16. The van der Waals surface area contributed by atoms with E-state index in [0.717, 1.165) is 25.7 Å². The molecule has 2 amide bonds. The number of aromatic nitrogens is 2. The van der Waals surface area contributed by atoms with Crippen molar-refractivity contribution in [2.45, 2.75) is 51.5 Å². The van der Waals surface area contributed by atoms with Gasteiger partial charge < -0.3 is 15.5 Å². The van der Waals surface area contributed by atoms with Gasteiger partial charge >= 0.3 is 6.03 Å². The lowest BCUT2D eigenvalue weighted by molar-refractivity contribution is 0.172. The molecule has 1 unspecified atom stereocenters. The van der Waals surface area contributed by atoms with Gasteiger partial charge in [0, 0.05) is 12.0 Å². The predicted molar refractivity (Wildman–Crippen MR) is 87.5 cm³/mol. The largest absolute Gasteiger partial charge is 0.394 e. The maximum Gasteiger partial charge on any atom is 0.321 e. The number of rotatable bonds is 9. The van der Waals surface area contributed by atoms with Crippen molar-refractivity contribution in [2.24, 2.45) is 0 Å². The molecule has 0 radical (unpaired) electrons. The lowest BCUT2D eigenvalue weighted by Crippen LogP contribution is -2.42. The van der Waals surface area contributed by atoms with E-state index in [1.165, 1.54) is 6.07 Å². The van der Waals surface area contributed by atoms with E-state index in [9.17, 15) is 9.59 Å². The molecule has 0 aliphatic carbocycles. The molecular weight excluding hydrogens is 300 g/mol. The Balaban J connectivity index is 2.84. The molecule has 0 fully saturated rings. The van der Waals surface area contributed by atoms with Crippen LogP contribution in [0.4, 0.5) is 10.7 Å². The second-order valence-corrected chi connectivity index (χ2v) is 5.43. The van der Waals surface area contributed by atoms with E-state index >= 15 is 0 Å². The normalized spacial score (nSPS) is 12.2. The summed E-state index contributed by atoms with van der Waals surface area (Å²) in [4.78, 5) is 30.3. The summed E-state index contributed by atoms with van der Waals surface area (Å²) in [6, 6.07) is 0.0369. The van der Waals surface area contributed by atoms with Crippen LogP contribution in [0, 0.1) is 0 Å². The zero-order valence-corrected chi connectivity index (χ0v) is 13.6. The number of carbonyl (C=O) groups is 1. The van der Waals surface area contributed by atoms with Crippen molar-refractivity contribution in [3.63, 3.8) is 0 Å². The molecule has 0 saturated heterocycles. The van der Waals surface area contributed by atoms with Crippen LogP contribution in [0.5, 0.6) is 0 Å². The number of nitrogens with one attached hydrogen (secondary N) is 3. The van der Waals surface area contributed by atoms with Gasteiger partial charge in [-0.15, -0.1) is 0 Å². The molecule has 5 N–H and O–H groups in total. The van der Waals surface area contributed by atoms with Crippen LogP contribution in [0.3, 0.4) is 0 Å². The molecule has 1 heterocycles. The van der Waals surface area contributed by atoms with Gasteiger partial charge in [-0.05, 0) is 12.8 Å². The zero-order chi connectivity index (χ0) is 17.2. The van der Waals surface area contributed by atoms with E-state index in [2.05, 4.69) is 27.5 Å². The Labute approximate surface area is 135 Å². The summed E-state index contributed by atoms with van der Waals surface area (Å²) in [5.41, 5.74) is 0.321. The maximum absolute atomic E-state index is 11.8. The number of H-pyrrole nitrogens is 1. The summed E-state index contributed by atoms with van der Waals surface area (Å²) in [5.74, 6) is 0.220. The Kier molecular flexibility index (Phi) is 8.28. The fraction of sp³-hybridized carbons (Fsp3) is 0.667. The first-order chi connectivity index (χ1) is 11.0. The van der Waals surface area contributed by atoms with Crippen molar-refractivity contribution in [1.29, 1.82) is 0 Å². The van der Waals surface area contributed by atoms with Gasteiger partial charge in [-0.3, -0.25) is 15.1 Å². The van der Waals surface area contributed by atoms with Crippen LogP contribution >= 0.6 is 0 Å². The highest BCUT2D eigenvalue weighted by atomic mass is 16.3. The quantitative estimate of drug-likeness (QED) is 0.461. The van der Waals surface area contributed by atoms with Crippen LogP contribution in [0.15, 0.2) is 10.9 Å². The van der Waals surface area contributed by atoms with Gasteiger partial charge in [0.05, 0.1) is 24.9 Å². The molecule has 130 valence electrons. The first kappa shape index (κ1) is 19.1. The minimum atomic E-state index is -0.766. The Morgan fingerprint density at radius 1 is 1.35 bits per heavy atom. The highest BCUT2D eigenvalue weighted by Gasteiger charge is 2.15. The third-order valence-corrected chi connectivity index (χ3v) is 3.59. The Bertz CT molecular complexity index is 543. The predicted octanol–water partition coefficient (Wildman–Crippen LogP) is 0.928. The number of nitrogens with zero attached hydrogens (tertiary/aromatic N) is 1. The van der Waals surface area contributed by atoms with E-state index < -0.39 is 12.1 Å². The molecule has 1 atom stereocenters. The topological polar surface area (TPSA) is 127 Å². The maximum atomic E-state index is 11.8. The van der Waals surface area contributed by atoms with E-state index in [-0.39, 0.29) is 30.6 Å². The molecule has 1 aromatic rings. The molecule has 0 spiro atoms. The number of hydrogen-bond donors (Lipinski definition) is 5. The van der Waals surface area contributed by atoms with Gasteiger partial charge in [0.25, 0.3) is 5.56 Å². The summed E-state index contributed by atoms with van der Waals surface area (Å²) in [7, 11) is 0. The third-order valence-electron chi connectivity index (χ3n) is 3.59. The van der Waals surface area contributed by atoms with Crippen LogP contribution in [0.25, 0.3) is 0 Å². The number of aromatic amines is 1. The first-order valence-corrected chi connectivity index (χ1v) is 7.94. The molecule has 0 aliphatic rings. The molecule has 8 heteroatoms. The Hall–Kier alpha value is -1.93. The smallest absolute Gasteiger partial charge is 0.321 e. The standard InChI is InChI=1S/C15H26N4O4/c1-3-5-6-10(4-2)12-7-13(22)18-14(17-12)19-15(23)16-11(8-20)9-21/h7,10-11,20-21H,3-6,8-9H2,1-2H3,(H3,16,17,18,19,22,23).